The lowest BCUT2D eigenvalue weighted by molar-refractivity contribution is -0.129. The number of aliphatic imine (C=N–C) groups is 1. The molecule has 0 fully saturated rings. The molecule has 0 aromatic heterocycles. The number of hydrogen-bond donors (Lipinski definition) is 0. The minimum atomic E-state index is -0.505. The molecular weight excluding hydrogens is 321 g/mol. The summed E-state index contributed by atoms with van der Waals surface area (Å²) in [7, 11) is 0. The number of carbonyl (C=O) groups excluding carboxylic acids is 1. The lowest BCUT2D eigenvalue weighted by atomic mass is 10.1. The zero-order valence-corrected chi connectivity index (χ0v) is 13.2. The molecule has 1 aliphatic heterocycles. The van der Waals surface area contributed by atoms with Gasteiger partial charge >= 0.3 is 5.97 Å². The van der Waals surface area contributed by atoms with E-state index in [9.17, 15) is 4.79 Å². The fraction of sp³-hybridized carbons (Fsp3) is 0.0588. The van der Waals surface area contributed by atoms with E-state index in [0.717, 1.165) is 11.1 Å². The van der Waals surface area contributed by atoms with Gasteiger partial charge in [-0.3, -0.25) is 0 Å². The fourth-order valence-electron chi connectivity index (χ4n) is 2.12. The van der Waals surface area contributed by atoms with Crippen molar-refractivity contribution in [2.45, 2.75) is 6.92 Å². The normalized spacial score (nSPS) is 15.9. The van der Waals surface area contributed by atoms with Gasteiger partial charge in [-0.15, -0.1) is 0 Å². The van der Waals surface area contributed by atoms with Crippen LogP contribution in [-0.4, -0.2) is 11.9 Å². The van der Waals surface area contributed by atoms with Crippen LogP contribution in [0, 0.1) is 6.92 Å². The SMILES string of the molecule is Cc1ccccc1C1=NC(=Cc2cccc(Cl)c2Cl)C(=O)O1. The van der Waals surface area contributed by atoms with E-state index in [1.165, 1.54) is 0 Å². The summed E-state index contributed by atoms with van der Waals surface area (Å²) in [6.07, 6.45) is 1.57. The molecule has 0 atom stereocenters. The first-order chi connectivity index (χ1) is 10.6. The number of carbonyl (C=O) groups is 1. The van der Waals surface area contributed by atoms with Gasteiger partial charge in [0.1, 0.15) is 0 Å². The van der Waals surface area contributed by atoms with E-state index in [-0.39, 0.29) is 5.70 Å². The number of rotatable bonds is 2. The second-order valence-corrected chi connectivity index (χ2v) is 5.58. The zero-order valence-electron chi connectivity index (χ0n) is 11.6. The van der Waals surface area contributed by atoms with E-state index in [0.29, 0.717) is 21.5 Å². The van der Waals surface area contributed by atoms with Gasteiger partial charge in [-0.25, -0.2) is 9.79 Å². The maximum atomic E-state index is 12.0. The van der Waals surface area contributed by atoms with Crippen LogP contribution in [0.1, 0.15) is 16.7 Å². The first-order valence-corrected chi connectivity index (χ1v) is 7.34. The monoisotopic (exact) mass is 331 g/mol. The molecule has 1 aliphatic rings. The molecule has 5 heteroatoms. The second-order valence-electron chi connectivity index (χ2n) is 4.79. The Bertz CT molecular complexity index is 825. The topological polar surface area (TPSA) is 38.7 Å². The molecule has 3 nitrogen and oxygen atoms in total. The summed E-state index contributed by atoms with van der Waals surface area (Å²) in [6.45, 7) is 1.93. The Kier molecular flexibility index (Phi) is 4.01. The summed E-state index contributed by atoms with van der Waals surface area (Å²) in [4.78, 5) is 16.3. The first-order valence-electron chi connectivity index (χ1n) is 6.59. The van der Waals surface area contributed by atoms with Crippen molar-refractivity contribution in [3.05, 3.63) is 74.9 Å². The van der Waals surface area contributed by atoms with Gasteiger partial charge in [-0.2, -0.15) is 0 Å². The molecule has 110 valence electrons. The van der Waals surface area contributed by atoms with Crippen molar-refractivity contribution in [2.75, 3.05) is 0 Å². The number of nitrogens with zero attached hydrogens (tertiary/aromatic N) is 1. The summed E-state index contributed by atoms with van der Waals surface area (Å²) in [5.74, 6) is -0.207. The Morgan fingerprint density at radius 1 is 1.09 bits per heavy atom. The smallest absolute Gasteiger partial charge is 0.363 e. The van der Waals surface area contributed by atoms with Crippen LogP contribution in [0.5, 0.6) is 0 Å². The Hall–Kier alpha value is -2.10. The van der Waals surface area contributed by atoms with Crippen molar-refractivity contribution in [1.29, 1.82) is 0 Å². The Labute approximate surface area is 137 Å². The van der Waals surface area contributed by atoms with Crippen LogP contribution in [0.2, 0.25) is 10.0 Å². The van der Waals surface area contributed by atoms with Crippen LogP contribution < -0.4 is 0 Å². The van der Waals surface area contributed by atoms with Crippen LogP contribution in [0.3, 0.4) is 0 Å². The predicted molar refractivity (Wildman–Crippen MR) is 88.2 cm³/mol. The highest BCUT2D eigenvalue weighted by Crippen LogP contribution is 2.29. The van der Waals surface area contributed by atoms with E-state index in [2.05, 4.69) is 4.99 Å². The van der Waals surface area contributed by atoms with E-state index in [1.807, 2.05) is 31.2 Å². The predicted octanol–water partition coefficient (Wildman–Crippen LogP) is 4.65. The van der Waals surface area contributed by atoms with Gasteiger partial charge in [0, 0.05) is 5.56 Å². The molecule has 0 radical (unpaired) electrons. The number of halogens is 2. The van der Waals surface area contributed by atoms with Crippen LogP contribution in [-0.2, 0) is 9.53 Å². The van der Waals surface area contributed by atoms with Crippen LogP contribution >= 0.6 is 23.2 Å². The maximum absolute atomic E-state index is 12.0. The van der Waals surface area contributed by atoms with Gasteiger partial charge in [-0.05, 0) is 36.3 Å². The molecule has 0 bridgehead atoms. The quantitative estimate of drug-likeness (QED) is 0.593. The number of hydrogen-bond acceptors (Lipinski definition) is 3. The van der Waals surface area contributed by atoms with Crippen molar-refractivity contribution >= 4 is 41.1 Å². The van der Waals surface area contributed by atoms with Gasteiger partial charge in [0.25, 0.3) is 0 Å². The van der Waals surface area contributed by atoms with Crippen molar-refractivity contribution in [3.8, 4) is 0 Å². The summed E-state index contributed by atoms with van der Waals surface area (Å²) in [5, 5.41) is 0.800. The third kappa shape index (κ3) is 2.78. The maximum Gasteiger partial charge on any atom is 0.363 e. The van der Waals surface area contributed by atoms with E-state index in [4.69, 9.17) is 27.9 Å². The lowest BCUT2D eigenvalue weighted by Gasteiger charge is -2.02. The first kappa shape index (κ1) is 14.8. The Balaban J connectivity index is 2.02. The standard InChI is InChI=1S/C17H11Cl2NO2/c1-10-5-2-3-7-12(10)16-20-14(17(21)22-16)9-11-6-4-8-13(18)15(11)19/h2-9H,1H3. The third-order valence-corrected chi connectivity index (χ3v) is 4.10. The van der Waals surface area contributed by atoms with Gasteiger partial charge in [-0.1, -0.05) is 53.5 Å². The molecule has 3 rings (SSSR count). The molecule has 0 saturated carbocycles. The lowest BCUT2D eigenvalue weighted by Crippen LogP contribution is -2.06. The number of aryl methyl sites for hydroxylation is 1. The molecule has 0 N–H and O–H groups in total. The van der Waals surface area contributed by atoms with Crippen molar-refractivity contribution in [1.82, 2.24) is 0 Å². The third-order valence-electron chi connectivity index (χ3n) is 3.27. The van der Waals surface area contributed by atoms with Crippen molar-refractivity contribution in [2.24, 2.45) is 4.99 Å². The molecule has 2 aromatic rings. The number of ether oxygens (including phenoxy) is 1. The summed E-state index contributed by atoms with van der Waals surface area (Å²) in [6, 6.07) is 12.8. The van der Waals surface area contributed by atoms with Gasteiger partial charge in [0.2, 0.25) is 5.90 Å². The average molecular weight is 332 g/mol. The largest absolute Gasteiger partial charge is 0.402 e. The molecule has 0 spiro atoms. The van der Waals surface area contributed by atoms with E-state index < -0.39 is 5.97 Å². The molecule has 1 heterocycles. The highest BCUT2D eigenvalue weighted by molar-refractivity contribution is 6.43. The zero-order chi connectivity index (χ0) is 15.7. The summed E-state index contributed by atoms with van der Waals surface area (Å²) in [5.41, 5.74) is 2.59. The van der Waals surface area contributed by atoms with E-state index in [1.54, 1.807) is 24.3 Å². The number of esters is 1. The second kappa shape index (κ2) is 5.95. The van der Waals surface area contributed by atoms with E-state index >= 15 is 0 Å². The van der Waals surface area contributed by atoms with Gasteiger partial charge < -0.3 is 4.74 Å². The highest BCUT2D eigenvalue weighted by Gasteiger charge is 2.25. The molecule has 0 aliphatic carbocycles. The molecule has 0 amide bonds. The summed E-state index contributed by atoms with van der Waals surface area (Å²) < 4.78 is 5.25. The molecule has 0 unspecified atom stereocenters. The van der Waals surface area contributed by atoms with Crippen molar-refractivity contribution < 1.29 is 9.53 Å². The van der Waals surface area contributed by atoms with Crippen molar-refractivity contribution in [3.63, 3.8) is 0 Å². The minimum absolute atomic E-state index is 0.197. The average Bonchev–Trinajstić information content (AvgIpc) is 2.85. The molecule has 0 saturated heterocycles. The number of cyclic esters (lactones) is 1. The fourth-order valence-corrected chi connectivity index (χ4v) is 2.48. The Morgan fingerprint density at radius 2 is 1.86 bits per heavy atom. The highest BCUT2D eigenvalue weighted by atomic mass is 35.5. The van der Waals surface area contributed by atoms with Gasteiger partial charge in [0.05, 0.1) is 10.0 Å². The molecule has 22 heavy (non-hydrogen) atoms. The van der Waals surface area contributed by atoms with Crippen LogP contribution in [0.15, 0.2) is 53.2 Å². The van der Waals surface area contributed by atoms with Crippen LogP contribution in [0.4, 0.5) is 0 Å². The summed E-state index contributed by atoms with van der Waals surface area (Å²) >= 11 is 12.1. The van der Waals surface area contributed by atoms with Crippen LogP contribution in [0.25, 0.3) is 6.08 Å². The Morgan fingerprint density at radius 3 is 2.64 bits per heavy atom. The number of benzene rings is 2. The minimum Gasteiger partial charge on any atom is -0.402 e. The molecule has 2 aromatic carbocycles. The molecular formula is C17H11Cl2NO2. The van der Waals surface area contributed by atoms with Gasteiger partial charge in [0.15, 0.2) is 5.70 Å².